The molecule has 2 aromatic rings. The molecule has 2 amide bonds. The van der Waals surface area contributed by atoms with Gasteiger partial charge in [0, 0.05) is 42.6 Å². The first-order valence-electron chi connectivity index (χ1n) is 11.2. The minimum absolute atomic E-state index is 0.00442. The Morgan fingerprint density at radius 1 is 1.19 bits per heavy atom. The van der Waals surface area contributed by atoms with Gasteiger partial charge in [0.25, 0.3) is 0 Å². The molecule has 7 nitrogen and oxygen atoms in total. The van der Waals surface area contributed by atoms with Crippen LogP contribution in [0.1, 0.15) is 58.2 Å². The van der Waals surface area contributed by atoms with Gasteiger partial charge >= 0.3 is 6.09 Å². The molecule has 1 aromatic heterocycles. The number of aromatic nitrogens is 2. The van der Waals surface area contributed by atoms with Crippen molar-refractivity contribution in [1.82, 2.24) is 20.2 Å². The number of alkyl carbamates (subject to hydrolysis) is 1. The van der Waals surface area contributed by atoms with Crippen LogP contribution in [0, 0.1) is 5.92 Å². The van der Waals surface area contributed by atoms with Gasteiger partial charge in [0.15, 0.2) is 0 Å². The van der Waals surface area contributed by atoms with Crippen molar-refractivity contribution in [2.45, 2.75) is 72.1 Å². The lowest BCUT2D eigenvalue weighted by Gasteiger charge is -2.20. The minimum atomic E-state index is -0.531. The zero-order valence-corrected chi connectivity index (χ0v) is 21.1. The zero-order valence-electron chi connectivity index (χ0n) is 19.5. The molecule has 1 aromatic carbocycles. The lowest BCUT2D eigenvalue weighted by Crippen LogP contribution is -2.34. The van der Waals surface area contributed by atoms with Crippen LogP contribution in [0.2, 0.25) is 0 Å². The number of aryl methyl sites for hydroxylation is 1. The number of amides is 2. The lowest BCUT2D eigenvalue weighted by molar-refractivity contribution is -0.125. The van der Waals surface area contributed by atoms with E-state index >= 15 is 0 Å². The summed E-state index contributed by atoms with van der Waals surface area (Å²) >= 11 is 3.42. The third kappa shape index (κ3) is 9.85. The van der Waals surface area contributed by atoms with Gasteiger partial charge in [0.2, 0.25) is 5.91 Å². The van der Waals surface area contributed by atoms with Gasteiger partial charge in [0.05, 0.1) is 12.0 Å². The Hall–Kier alpha value is -2.35. The smallest absolute Gasteiger partial charge is 0.407 e. The molecule has 0 fully saturated rings. The summed E-state index contributed by atoms with van der Waals surface area (Å²) in [6.45, 7) is 9.45. The fraction of sp³-hybridized carbons (Fsp3) is 0.542. The second-order valence-corrected chi connectivity index (χ2v) is 9.83. The maximum atomic E-state index is 13.0. The molecular formula is C24H35BrN4O3. The first-order valence-corrected chi connectivity index (χ1v) is 11.9. The summed E-state index contributed by atoms with van der Waals surface area (Å²) in [5.74, 6) is -0.230. The van der Waals surface area contributed by atoms with E-state index in [1.807, 2.05) is 57.6 Å². The number of halogens is 1. The van der Waals surface area contributed by atoms with Gasteiger partial charge in [-0.2, -0.15) is 0 Å². The van der Waals surface area contributed by atoms with Crippen LogP contribution in [0.25, 0.3) is 0 Å². The van der Waals surface area contributed by atoms with Gasteiger partial charge in [0.1, 0.15) is 5.60 Å². The molecule has 2 N–H and O–H groups in total. The van der Waals surface area contributed by atoms with E-state index in [0.717, 1.165) is 28.7 Å². The Kier molecular flexibility index (Phi) is 10.2. The molecule has 0 spiro atoms. The standard InChI is InChI=1S/C24H35BrN4O3/c1-5-13-29-16-21(28-17-29)14-19(7-6-12-26-23(31)32-24(2,3)4)22(30)27-15-18-8-10-20(25)11-9-18/h8-11,16-17,19H,5-7,12-15H2,1-4H3,(H,26,31)(H,27,30)/t19-/m0/s1. The Morgan fingerprint density at radius 3 is 2.56 bits per heavy atom. The van der Waals surface area contributed by atoms with Crippen molar-refractivity contribution in [3.05, 3.63) is 52.5 Å². The molecule has 0 bridgehead atoms. The normalized spacial score (nSPS) is 12.3. The van der Waals surface area contributed by atoms with Gasteiger partial charge < -0.3 is 19.9 Å². The maximum absolute atomic E-state index is 13.0. The minimum Gasteiger partial charge on any atom is -0.444 e. The molecule has 0 saturated heterocycles. The van der Waals surface area contributed by atoms with Crippen LogP contribution in [-0.4, -0.2) is 33.7 Å². The molecule has 0 saturated carbocycles. The first-order chi connectivity index (χ1) is 15.2. The van der Waals surface area contributed by atoms with E-state index in [-0.39, 0.29) is 11.8 Å². The number of benzene rings is 1. The van der Waals surface area contributed by atoms with Crippen LogP contribution in [0.3, 0.4) is 0 Å². The molecule has 0 aliphatic carbocycles. The van der Waals surface area contributed by atoms with E-state index in [4.69, 9.17) is 4.74 Å². The molecular weight excluding hydrogens is 472 g/mol. The average Bonchev–Trinajstić information content (AvgIpc) is 3.15. The van der Waals surface area contributed by atoms with E-state index < -0.39 is 11.7 Å². The fourth-order valence-electron chi connectivity index (χ4n) is 3.26. The maximum Gasteiger partial charge on any atom is 0.407 e. The molecule has 0 radical (unpaired) electrons. The Balaban J connectivity index is 1.92. The summed E-state index contributed by atoms with van der Waals surface area (Å²) < 4.78 is 8.32. The topological polar surface area (TPSA) is 85.2 Å². The summed E-state index contributed by atoms with van der Waals surface area (Å²) in [5.41, 5.74) is 1.41. The van der Waals surface area contributed by atoms with Gasteiger partial charge in [-0.3, -0.25) is 4.79 Å². The van der Waals surface area contributed by atoms with Crippen LogP contribution in [0.4, 0.5) is 4.79 Å². The number of hydrogen-bond donors (Lipinski definition) is 2. The van der Waals surface area contributed by atoms with Crippen LogP contribution in [0.5, 0.6) is 0 Å². The number of nitrogens with zero attached hydrogens (tertiary/aromatic N) is 2. The quantitative estimate of drug-likeness (QED) is 0.427. The second-order valence-electron chi connectivity index (χ2n) is 8.92. The zero-order chi connectivity index (χ0) is 23.6. The fourth-order valence-corrected chi connectivity index (χ4v) is 3.52. The number of nitrogens with one attached hydrogen (secondary N) is 2. The number of carbonyl (C=O) groups excluding carboxylic acids is 2. The van der Waals surface area contributed by atoms with E-state index in [1.54, 1.807) is 0 Å². The van der Waals surface area contributed by atoms with Crippen molar-refractivity contribution in [2.75, 3.05) is 6.54 Å². The van der Waals surface area contributed by atoms with Crippen LogP contribution >= 0.6 is 15.9 Å². The monoisotopic (exact) mass is 506 g/mol. The number of ether oxygens (including phenoxy) is 1. The highest BCUT2D eigenvalue weighted by Gasteiger charge is 2.21. The van der Waals surface area contributed by atoms with Crippen molar-refractivity contribution in [2.24, 2.45) is 5.92 Å². The van der Waals surface area contributed by atoms with Crippen LogP contribution in [0.15, 0.2) is 41.3 Å². The largest absolute Gasteiger partial charge is 0.444 e. The summed E-state index contributed by atoms with van der Waals surface area (Å²) in [4.78, 5) is 29.3. The van der Waals surface area contributed by atoms with Crippen molar-refractivity contribution >= 4 is 27.9 Å². The number of hydrogen-bond acceptors (Lipinski definition) is 4. The number of imidazole rings is 1. The number of carbonyl (C=O) groups is 2. The SMILES string of the molecule is CCCn1cnc(C[C@H](CCCNC(=O)OC(C)(C)C)C(=O)NCc2ccc(Br)cc2)c1. The third-order valence-corrected chi connectivity index (χ3v) is 5.30. The second kappa shape index (κ2) is 12.6. The van der Waals surface area contributed by atoms with Crippen LogP contribution < -0.4 is 10.6 Å². The Labute approximate surface area is 199 Å². The molecule has 0 aliphatic heterocycles. The highest BCUT2D eigenvalue weighted by atomic mass is 79.9. The summed E-state index contributed by atoms with van der Waals surface area (Å²) in [6, 6.07) is 7.89. The van der Waals surface area contributed by atoms with Crippen molar-refractivity contribution in [3.8, 4) is 0 Å². The summed E-state index contributed by atoms with van der Waals surface area (Å²) in [7, 11) is 0. The molecule has 1 atom stereocenters. The van der Waals surface area contributed by atoms with E-state index in [9.17, 15) is 9.59 Å². The van der Waals surface area contributed by atoms with Gasteiger partial charge in [-0.1, -0.05) is 35.0 Å². The van der Waals surface area contributed by atoms with Crippen molar-refractivity contribution in [3.63, 3.8) is 0 Å². The predicted octanol–water partition coefficient (Wildman–Crippen LogP) is 4.84. The molecule has 8 heteroatoms. The van der Waals surface area contributed by atoms with Gasteiger partial charge in [-0.05, 0) is 57.7 Å². The molecule has 1 heterocycles. The summed E-state index contributed by atoms with van der Waals surface area (Å²) in [6.07, 6.45) is 6.30. The lowest BCUT2D eigenvalue weighted by atomic mass is 9.96. The molecule has 0 unspecified atom stereocenters. The third-order valence-electron chi connectivity index (χ3n) is 4.77. The van der Waals surface area contributed by atoms with Gasteiger partial charge in [-0.25, -0.2) is 9.78 Å². The highest BCUT2D eigenvalue weighted by Crippen LogP contribution is 2.15. The molecule has 32 heavy (non-hydrogen) atoms. The molecule has 176 valence electrons. The Bertz CT molecular complexity index is 859. The number of rotatable bonds is 11. The van der Waals surface area contributed by atoms with Crippen molar-refractivity contribution < 1.29 is 14.3 Å². The van der Waals surface area contributed by atoms with Crippen molar-refractivity contribution in [1.29, 1.82) is 0 Å². The molecule has 2 rings (SSSR count). The Morgan fingerprint density at radius 2 is 1.91 bits per heavy atom. The predicted molar refractivity (Wildman–Crippen MR) is 129 cm³/mol. The van der Waals surface area contributed by atoms with Crippen LogP contribution in [-0.2, 0) is 29.0 Å². The average molecular weight is 507 g/mol. The van der Waals surface area contributed by atoms with E-state index in [0.29, 0.717) is 32.4 Å². The first kappa shape index (κ1) is 25.9. The van der Waals surface area contributed by atoms with E-state index in [2.05, 4.69) is 43.0 Å². The van der Waals surface area contributed by atoms with Gasteiger partial charge in [-0.15, -0.1) is 0 Å². The molecule has 0 aliphatic rings. The highest BCUT2D eigenvalue weighted by molar-refractivity contribution is 9.10. The summed E-state index contributed by atoms with van der Waals surface area (Å²) in [5, 5.41) is 5.81. The van der Waals surface area contributed by atoms with E-state index in [1.165, 1.54) is 0 Å².